The molecule has 0 bridgehead atoms. The van der Waals surface area contributed by atoms with Crippen molar-refractivity contribution in [2.45, 2.75) is 13.3 Å². The SMILES string of the molecule is C=C(C)CNC(=O)C1C=CCC(C#N)=C1. The van der Waals surface area contributed by atoms with E-state index in [0.29, 0.717) is 18.5 Å². The van der Waals surface area contributed by atoms with E-state index in [4.69, 9.17) is 5.26 Å². The lowest BCUT2D eigenvalue weighted by Gasteiger charge is -2.12. The molecule has 1 unspecified atom stereocenters. The second kappa shape index (κ2) is 5.16. The summed E-state index contributed by atoms with van der Waals surface area (Å²) >= 11 is 0. The molecular weight excluding hydrogens is 188 g/mol. The Balaban J connectivity index is 2.57. The van der Waals surface area contributed by atoms with E-state index in [2.05, 4.69) is 18.0 Å². The summed E-state index contributed by atoms with van der Waals surface area (Å²) in [5, 5.41) is 11.5. The normalized spacial score (nSPS) is 18.9. The standard InChI is InChI=1S/C12H14N2O/c1-9(2)8-14-12(15)11-5-3-4-10(6-11)7-13/h3,5-6,11H,1,4,8H2,2H3,(H,14,15). The van der Waals surface area contributed by atoms with Crippen LogP contribution >= 0.6 is 0 Å². The van der Waals surface area contributed by atoms with Gasteiger partial charge in [-0.05, 0) is 6.92 Å². The molecule has 78 valence electrons. The number of nitriles is 1. The van der Waals surface area contributed by atoms with E-state index in [1.807, 2.05) is 19.1 Å². The van der Waals surface area contributed by atoms with Gasteiger partial charge in [-0.3, -0.25) is 4.79 Å². The van der Waals surface area contributed by atoms with Crippen LogP contribution in [0, 0.1) is 17.2 Å². The molecule has 0 aromatic carbocycles. The van der Waals surface area contributed by atoms with Crippen LogP contribution in [0.25, 0.3) is 0 Å². The van der Waals surface area contributed by atoms with Crippen molar-refractivity contribution in [3.8, 4) is 6.07 Å². The van der Waals surface area contributed by atoms with E-state index in [1.165, 1.54) is 0 Å². The zero-order chi connectivity index (χ0) is 11.3. The second-order valence-corrected chi connectivity index (χ2v) is 3.64. The average Bonchev–Trinajstić information content (AvgIpc) is 2.26. The highest BCUT2D eigenvalue weighted by Gasteiger charge is 2.15. The fourth-order valence-electron chi connectivity index (χ4n) is 1.28. The van der Waals surface area contributed by atoms with Crippen LogP contribution in [0.5, 0.6) is 0 Å². The highest BCUT2D eigenvalue weighted by atomic mass is 16.1. The van der Waals surface area contributed by atoms with Gasteiger partial charge in [-0.15, -0.1) is 0 Å². The van der Waals surface area contributed by atoms with E-state index in [1.54, 1.807) is 6.08 Å². The Morgan fingerprint density at radius 2 is 2.53 bits per heavy atom. The van der Waals surface area contributed by atoms with Crippen molar-refractivity contribution in [1.82, 2.24) is 5.32 Å². The molecule has 0 saturated heterocycles. The van der Waals surface area contributed by atoms with E-state index in [-0.39, 0.29) is 11.8 Å². The summed E-state index contributed by atoms with van der Waals surface area (Å²) < 4.78 is 0. The van der Waals surface area contributed by atoms with E-state index < -0.39 is 0 Å². The largest absolute Gasteiger partial charge is 0.352 e. The van der Waals surface area contributed by atoms with Gasteiger partial charge in [0.05, 0.1) is 12.0 Å². The monoisotopic (exact) mass is 202 g/mol. The Hall–Kier alpha value is -1.82. The van der Waals surface area contributed by atoms with Crippen LogP contribution in [0.2, 0.25) is 0 Å². The molecule has 0 heterocycles. The third-order valence-electron chi connectivity index (χ3n) is 2.07. The molecule has 3 heteroatoms. The first-order chi connectivity index (χ1) is 7.13. The summed E-state index contributed by atoms with van der Waals surface area (Å²) in [7, 11) is 0. The smallest absolute Gasteiger partial charge is 0.231 e. The molecule has 1 aliphatic rings. The maximum Gasteiger partial charge on any atom is 0.231 e. The molecular formula is C12H14N2O. The number of hydrogen-bond acceptors (Lipinski definition) is 2. The van der Waals surface area contributed by atoms with Crippen LogP contribution in [0.15, 0.2) is 36.0 Å². The summed E-state index contributed by atoms with van der Waals surface area (Å²) in [5.41, 5.74) is 1.56. The van der Waals surface area contributed by atoms with Crippen LogP contribution in [0.4, 0.5) is 0 Å². The Morgan fingerprint density at radius 1 is 1.80 bits per heavy atom. The molecule has 0 fully saturated rings. The molecule has 3 nitrogen and oxygen atoms in total. The Morgan fingerprint density at radius 3 is 3.13 bits per heavy atom. The van der Waals surface area contributed by atoms with Gasteiger partial charge in [0, 0.05) is 18.5 Å². The Labute approximate surface area is 89.8 Å². The molecule has 1 N–H and O–H groups in total. The third-order valence-corrected chi connectivity index (χ3v) is 2.07. The lowest BCUT2D eigenvalue weighted by Crippen LogP contribution is -2.30. The molecule has 1 amide bonds. The lowest BCUT2D eigenvalue weighted by atomic mass is 9.97. The predicted molar refractivity (Wildman–Crippen MR) is 58.8 cm³/mol. The van der Waals surface area contributed by atoms with Crippen LogP contribution in [-0.2, 0) is 4.79 Å². The van der Waals surface area contributed by atoms with E-state index in [9.17, 15) is 4.79 Å². The minimum atomic E-state index is -0.312. The van der Waals surface area contributed by atoms with Gasteiger partial charge in [0.15, 0.2) is 0 Å². The van der Waals surface area contributed by atoms with Crippen LogP contribution in [0.1, 0.15) is 13.3 Å². The molecule has 0 radical (unpaired) electrons. The zero-order valence-electron chi connectivity index (χ0n) is 8.79. The first kappa shape index (κ1) is 11.3. The molecule has 0 spiro atoms. The Bertz CT molecular complexity index is 372. The molecule has 0 aliphatic heterocycles. The van der Waals surface area contributed by atoms with Crippen molar-refractivity contribution in [2.24, 2.45) is 5.92 Å². The summed E-state index contributed by atoms with van der Waals surface area (Å²) in [5.74, 6) is -0.394. The quantitative estimate of drug-likeness (QED) is 0.708. The second-order valence-electron chi connectivity index (χ2n) is 3.64. The van der Waals surface area contributed by atoms with E-state index in [0.717, 1.165) is 5.57 Å². The molecule has 1 rings (SSSR count). The van der Waals surface area contributed by atoms with Crippen molar-refractivity contribution in [3.63, 3.8) is 0 Å². The van der Waals surface area contributed by atoms with Crippen LogP contribution < -0.4 is 5.32 Å². The summed E-state index contributed by atoms with van der Waals surface area (Å²) in [4.78, 5) is 11.6. The van der Waals surface area contributed by atoms with Gasteiger partial charge in [0.25, 0.3) is 0 Å². The highest BCUT2D eigenvalue weighted by Crippen LogP contribution is 2.15. The van der Waals surface area contributed by atoms with E-state index >= 15 is 0 Å². The lowest BCUT2D eigenvalue weighted by molar-refractivity contribution is -0.122. The first-order valence-corrected chi connectivity index (χ1v) is 4.83. The van der Waals surface area contributed by atoms with Crippen molar-refractivity contribution in [1.29, 1.82) is 5.26 Å². The topological polar surface area (TPSA) is 52.9 Å². The zero-order valence-corrected chi connectivity index (χ0v) is 8.79. The van der Waals surface area contributed by atoms with Gasteiger partial charge < -0.3 is 5.32 Å². The number of allylic oxidation sites excluding steroid dienone is 2. The van der Waals surface area contributed by atoms with Gasteiger partial charge in [0.1, 0.15) is 0 Å². The number of carbonyl (C=O) groups excluding carboxylic acids is 1. The van der Waals surface area contributed by atoms with Crippen molar-refractivity contribution in [2.75, 3.05) is 6.54 Å². The molecule has 1 aliphatic carbocycles. The number of nitrogens with zero attached hydrogens (tertiary/aromatic N) is 1. The number of hydrogen-bond donors (Lipinski definition) is 1. The Kier molecular flexibility index (Phi) is 3.87. The van der Waals surface area contributed by atoms with Crippen LogP contribution in [0.3, 0.4) is 0 Å². The van der Waals surface area contributed by atoms with Gasteiger partial charge in [-0.2, -0.15) is 5.26 Å². The minimum absolute atomic E-state index is 0.0818. The van der Waals surface area contributed by atoms with Gasteiger partial charge in [-0.1, -0.05) is 30.4 Å². The fraction of sp³-hybridized carbons (Fsp3) is 0.333. The fourth-order valence-corrected chi connectivity index (χ4v) is 1.28. The number of nitrogens with one attached hydrogen (secondary N) is 1. The van der Waals surface area contributed by atoms with Crippen molar-refractivity contribution >= 4 is 5.91 Å². The van der Waals surface area contributed by atoms with Gasteiger partial charge >= 0.3 is 0 Å². The molecule has 1 atom stereocenters. The molecule has 0 saturated carbocycles. The van der Waals surface area contributed by atoms with Crippen LogP contribution in [-0.4, -0.2) is 12.5 Å². The third kappa shape index (κ3) is 3.43. The predicted octanol–water partition coefficient (Wildman–Crippen LogP) is 1.70. The van der Waals surface area contributed by atoms with Gasteiger partial charge in [0.2, 0.25) is 5.91 Å². The first-order valence-electron chi connectivity index (χ1n) is 4.83. The summed E-state index contributed by atoms with van der Waals surface area (Å²) in [6.07, 6.45) is 5.99. The number of carbonyl (C=O) groups is 1. The van der Waals surface area contributed by atoms with Crippen molar-refractivity contribution in [3.05, 3.63) is 36.0 Å². The number of rotatable bonds is 3. The molecule has 0 aromatic heterocycles. The highest BCUT2D eigenvalue weighted by molar-refractivity contribution is 5.83. The summed E-state index contributed by atoms with van der Waals surface area (Å²) in [6, 6.07) is 2.07. The maximum atomic E-state index is 11.6. The molecule has 0 aromatic rings. The van der Waals surface area contributed by atoms with Gasteiger partial charge in [-0.25, -0.2) is 0 Å². The van der Waals surface area contributed by atoms with Crippen molar-refractivity contribution < 1.29 is 4.79 Å². The molecule has 15 heavy (non-hydrogen) atoms. The summed E-state index contributed by atoms with van der Waals surface area (Å²) in [6.45, 7) is 6.04. The average molecular weight is 202 g/mol. The minimum Gasteiger partial charge on any atom is -0.352 e. The maximum absolute atomic E-state index is 11.6. The number of amides is 1.